The number of carbonyl (C=O) groups excluding carboxylic acids is 2. The van der Waals surface area contributed by atoms with Crippen LogP contribution in [0.1, 0.15) is 11.1 Å². The standard InChI is InChI=1S/C16H14BrClN2O4/c17-13-5-1-12(2-6-13)10-23-16(22)20(24-15(19)21)9-11-3-7-14(18)8-4-11/h1-8H,9-10H2,(H2,19,21). The highest BCUT2D eigenvalue weighted by atomic mass is 79.9. The molecule has 0 aliphatic rings. The molecule has 0 heterocycles. The Morgan fingerprint density at radius 1 is 1.04 bits per heavy atom. The normalized spacial score (nSPS) is 10.1. The Balaban J connectivity index is 2.00. The van der Waals surface area contributed by atoms with E-state index in [9.17, 15) is 9.59 Å². The predicted molar refractivity (Wildman–Crippen MR) is 92.0 cm³/mol. The first-order chi connectivity index (χ1) is 11.4. The van der Waals surface area contributed by atoms with Crippen molar-refractivity contribution in [2.24, 2.45) is 5.73 Å². The van der Waals surface area contributed by atoms with Crippen LogP contribution in [0.25, 0.3) is 0 Å². The third kappa shape index (κ3) is 5.75. The van der Waals surface area contributed by atoms with Crippen molar-refractivity contribution in [3.8, 4) is 0 Å². The SMILES string of the molecule is NC(=O)ON(Cc1ccc(Cl)cc1)C(=O)OCc1ccc(Br)cc1. The van der Waals surface area contributed by atoms with Crippen molar-refractivity contribution in [1.82, 2.24) is 5.06 Å². The lowest BCUT2D eigenvalue weighted by Crippen LogP contribution is -2.35. The van der Waals surface area contributed by atoms with E-state index in [-0.39, 0.29) is 13.2 Å². The topological polar surface area (TPSA) is 81.9 Å². The fourth-order valence-electron chi connectivity index (χ4n) is 1.80. The van der Waals surface area contributed by atoms with Crippen molar-refractivity contribution in [3.05, 3.63) is 69.2 Å². The fraction of sp³-hybridized carbons (Fsp3) is 0.125. The first-order valence-corrected chi connectivity index (χ1v) is 8.02. The zero-order valence-electron chi connectivity index (χ0n) is 12.4. The van der Waals surface area contributed by atoms with Crippen LogP contribution < -0.4 is 5.73 Å². The molecule has 0 spiro atoms. The molecule has 2 amide bonds. The summed E-state index contributed by atoms with van der Waals surface area (Å²) in [5.74, 6) is 0. The van der Waals surface area contributed by atoms with Crippen LogP contribution in [-0.4, -0.2) is 17.2 Å². The molecule has 0 aromatic heterocycles. The number of halogens is 2. The molecule has 2 N–H and O–H groups in total. The molecule has 0 atom stereocenters. The summed E-state index contributed by atoms with van der Waals surface area (Å²) in [6.07, 6.45) is -1.93. The van der Waals surface area contributed by atoms with Gasteiger partial charge in [0, 0.05) is 9.50 Å². The number of hydroxylamine groups is 2. The minimum Gasteiger partial charge on any atom is -0.442 e. The third-order valence-electron chi connectivity index (χ3n) is 2.92. The Morgan fingerprint density at radius 3 is 2.21 bits per heavy atom. The molecule has 0 aliphatic carbocycles. The van der Waals surface area contributed by atoms with Crippen molar-refractivity contribution in [2.45, 2.75) is 13.2 Å². The van der Waals surface area contributed by atoms with E-state index in [1.165, 1.54) is 0 Å². The quantitative estimate of drug-likeness (QED) is 0.760. The number of nitrogens with two attached hydrogens (primary N) is 1. The number of amides is 2. The molecule has 0 saturated heterocycles. The molecule has 8 heteroatoms. The largest absolute Gasteiger partial charge is 0.444 e. The van der Waals surface area contributed by atoms with Crippen LogP contribution in [-0.2, 0) is 22.7 Å². The number of hydrogen-bond donors (Lipinski definition) is 1. The Bertz CT molecular complexity index is 707. The smallest absolute Gasteiger partial charge is 0.442 e. The number of primary amides is 1. The second kappa shape index (κ2) is 8.56. The molecule has 2 aromatic carbocycles. The summed E-state index contributed by atoms with van der Waals surface area (Å²) >= 11 is 9.13. The summed E-state index contributed by atoms with van der Waals surface area (Å²) in [6, 6.07) is 14.0. The maximum absolute atomic E-state index is 12.1. The van der Waals surface area contributed by atoms with Gasteiger partial charge in [0.05, 0.1) is 6.54 Å². The van der Waals surface area contributed by atoms with Gasteiger partial charge < -0.3 is 15.3 Å². The van der Waals surface area contributed by atoms with E-state index in [4.69, 9.17) is 26.9 Å². The van der Waals surface area contributed by atoms with E-state index in [0.29, 0.717) is 10.6 Å². The van der Waals surface area contributed by atoms with Crippen LogP contribution in [0, 0.1) is 0 Å². The van der Waals surface area contributed by atoms with Crippen LogP contribution in [0.3, 0.4) is 0 Å². The maximum atomic E-state index is 12.1. The number of hydrogen-bond acceptors (Lipinski definition) is 4. The average Bonchev–Trinajstić information content (AvgIpc) is 2.55. The highest BCUT2D eigenvalue weighted by Crippen LogP contribution is 2.14. The summed E-state index contributed by atoms with van der Waals surface area (Å²) in [5, 5.41) is 1.31. The molecule has 6 nitrogen and oxygen atoms in total. The molecule has 0 fully saturated rings. The molecular formula is C16H14BrClN2O4. The van der Waals surface area contributed by atoms with E-state index < -0.39 is 12.2 Å². The second-order valence-corrected chi connectivity index (χ2v) is 6.11. The van der Waals surface area contributed by atoms with Crippen LogP contribution in [0.15, 0.2) is 53.0 Å². The highest BCUT2D eigenvalue weighted by Gasteiger charge is 2.19. The van der Waals surface area contributed by atoms with Crippen molar-refractivity contribution in [2.75, 3.05) is 0 Å². The summed E-state index contributed by atoms with van der Waals surface area (Å²) in [5.41, 5.74) is 6.48. The fourth-order valence-corrected chi connectivity index (χ4v) is 2.19. The molecule has 2 rings (SSSR count). The summed E-state index contributed by atoms with van der Waals surface area (Å²) in [4.78, 5) is 27.8. The number of carbonyl (C=O) groups is 2. The van der Waals surface area contributed by atoms with E-state index in [0.717, 1.165) is 15.1 Å². The first-order valence-electron chi connectivity index (χ1n) is 6.84. The Morgan fingerprint density at radius 2 is 1.62 bits per heavy atom. The van der Waals surface area contributed by atoms with Crippen molar-refractivity contribution in [3.63, 3.8) is 0 Å². The van der Waals surface area contributed by atoms with E-state index >= 15 is 0 Å². The van der Waals surface area contributed by atoms with Gasteiger partial charge in [-0.05, 0) is 35.4 Å². The number of benzene rings is 2. The summed E-state index contributed by atoms with van der Waals surface area (Å²) in [6.45, 7) is 0.0185. The van der Waals surface area contributed by atoms with E-state index in [1.54, 1.807) is 36.4 Å². The van der Waals surface area contributed by atoms with Gasteiger partial charge in [-0.25, -0.2) is 9.59 Å². The minimum absolute atomic E-state index is 0.0146. The van der Waals surface area contributed by atoms with Gasteiger partial charge in [0.15, 0.2) is 0 Å². The lowest BCUT2D eigenvalue weighted by molar-refractivity contribution is -0.0882. The molecular weight excluding hydrogens is 400 g/mol. The predicted octanol–water partition coefficient (Wildman–Crippen LogP) is 4.25. The lowest BCUT2D eigenvalue weighted by Gasteiger charge is -2.19. The molecule has 0 radical (unpaired) electrons. The van der Waals surface area contributed by atoms with Gasteiger partial charge in [0.25, 0.3) is 0 Å². The van der Waals surface area contributed by atoms with E-state index in [2.05, 4.69) is 15.9 Å². The molecule has 0 aliphatic heterocycles. The van der Waals surface area contributed by atoms with Crippen LogP contribution >= 0.6 is 27.5 Å². The van der Waals surface area contributed by atoms with Crippen molar-refractivity contribution in [1.29, 1.82) is 0 Å². The van der Waals surface area contributed by atoms with Gasteiger partial charge >= 0.3 is 12.2 Å². The zero-order valence-corrected chi connectivity index (χ0v) is 14.8. The minimum atomic E-state index is -1.11. The molecule has 126 valence electrons. The van der Waals surface area contributed by atoms with Crippen molar-refractivity contribution >= 4 is 39.7 Å². The zero-order chi connectivity index (χ0) is 17.5. The van der Waals surface area contributed by atoms with Crippen molar-refractivity contribution < 1.29 is 19.2 Å². The van der Waals surface area contributed by atoms with Gasteiger partial charge in [-0.15, -0.1) is 5.06 Å². The first kappa shape index (κ1) is 18.1. The third-order valence-corrected chi connectivity index (χ3v) is 3.70. The highest BCUT2D eigenvalue weighted by molar-refractivity contribution is 9.10. The van der Waals surface area contributed by atoms with Crippen LogP contribution in [0.5, 0.6) is 0 Å². The van der Waals surface area contributed by atoms with Gasteiger partial charge in [0.1, 0.15) is 6.61 Å². The monoisotopic (exact) mass is 412 g/mol. The molecule has 0 bridgehead atoms. The van der Waals surface area contributed by atoms with Gasteiger partial charge in [-0.1, -0.05) is 51.8 Å². The van der Waals surface area contributed by atoms with E-state index in [1.807, 2.05) is 12.1 Å². The molecule has 2 aromatic rings. The van der Waals surface area contributed by atoms with Crippen LogP contribution in [0.4, 0.5) is 9.59 Å². The molecule has 0 saturated carbocycles. The molecule has 24 heavy (non-hydrogen) atoms. The van der Waals surface area contributed by atoms with Gasteiger partial charge in [-0.2, -0.15) is 0 Å². The van der Waals surface area contributed by atoms with Crippen LogP contribution in [0.2, 0.25) is 5.02 Å². The number of nitrogens with zero attached hydrogens (tertiary/aromatic N) is 1. The Hall–Kier alpha value is -2.25. The summed E-state index contributed by atoms with van der Waals surface area (Å²) in [7, 11) is 0. The molecule has 0 unspecified atom stereocenters. The Kier molecular flexibility index (Phi) is 6.45. The second-order valence-electron chi connectivity index (χ2n) is 4.75. The average molecular weight is 414 g/mol. The van der Waals surface area contributed by atoms with Gasteiger partial charge in [-0.3, -0.25) is 0 Å². The lowest BCUT2D eigenvalue weighted by atomic mass is 10.2. The summed E-state index contributed by atoms with van der Waals surface area (Å²) < 4.78 is 6.06. The Labute approximate surface area is 152 Å². The number of rotatable bonds is 4. The maximum Gasteiger partial charge on any atom is 0.444 e. The van der Waals surface area contributed by atoms with Gasteiger partial charge in [0.2, 0.25) is 0 Å². The number of ether oxygens (including phenoxy) is 1.